The summed E-state index contributed by atoms with van der Waals surface area (Å²) in [5, 5.41) is 3.49. The van der Waals surface area contributed by atoms with E-state index in [1.54, 1.807) is 7.11 Å². The van der Waals surface area contributed by atoms with E-state index in [1.807, 2.05) is 6.07 Å². The molecule has 0 aliphatic rings. The smallest absolute Gasteiger partial charge is 0.119 e. The van der Waals surface area contributed by atoms with Crippen LogP contribution in [0.5, 0.6) is 5.75 Å². The summed E-state index contributed by atoms with van der Waals surface area (Å²) in [7, 11) is 1.70. The van der Waals surface area contributed by atoms with Gasteiger partial charge in [-0.25, -0.2) is 0 Å². The fourth-order valence-corrected chi connectivity index (χ4v) is 1.91. The summed E-state index contributed by atoms with van der Waals surface area (Å²) >= 11 is 0. The first kappa shape index (κ1) is 13.9. The van der Waals surface area contributed by atoms with Gasteiger partial charge in [0.15, 0.2) is 0 Å². The van der Waals surface area contributed by atoms with Gasteiger partial charge in [-0.2, -0.15) is 0 Å². The van der Waals surface area contributed by atoms with E-state index in [4.69, 9.17) is 4.74 Å². The third-order valence-electron chi connectivity index (χ3n) is 3.03. The summed E-state index contributed by atoms with van der Waals surface area (Å²) in [5.74, 6) is 0.927. The number of methoxy groups -OCH3 is 1. The van der Waals surface area contributed by atoms with Crippen molar-refractivity contribution in [1.82, 2.24) is 0 Å². The average Bonchev–Trinajstić information content (AvgIpc) is 2.35. The van der Waals surface area contributed by atoms with Crippen LogP contribution in [0.1, 0.15) is 44.6 Å². The Hall–Kier alpha value is -1.18. The predicted molar refractivity (Wildman–Crippen MR) is 75.0 cm³/mol. The standard InChI is InChI=1S/C15H25NO/c1-4-5-6-7-8-11-16-15-10-9-14(17-3)12-13(15)2/h9-10,12,16H,4-8,11H2,1-3H3. The lowest BCUT2D eigenvalue weighted by atomic mass is 10.1. The molecule has 2 heteroatoms. The molecule has 1 aromatic carbocycles. The van der Waals surface area contributed by atoms with E-state index in [9.17, 15) is 0 Å². The van der Waals surface area contributed by atoms with Gasteiger partial charge in [0.1, 0.15) is 5.75 Å². The largest absolute Gasteiger partial charge is 0.497 e. The van der Waals surface area contributed by atoms with E-state index >= 15 is 0 Å². The highest BCUT2D eigenvalue weighted by molar-refractivity contribution is 5.53. The molecule has 0 bridgehead atoms. The lowest BCUT2D eigenvalue weighted by molar-refractivity contribution is 0.414. The Morgan fingerprint density at radius 1 is 1.12 bits per heavy atom. The minimum absolute atomic E-state index is 0.927. The summed E-state index contributed by atoms with van der Waals surface area (Å²) in [6.45, 7) is 5.43. The third-order valence-corrected chi connectivity index (χ3v) is 3.03. The van der Waals surface area contributed by atoms with Gasteiger partial charge in [-0.15, -0.1) is 0 Å². The Balaban J connectivity index is 2.27. The van der Waals surface area contributed by atoms with Crippen LogP contribution >= 0.6 is 0 Å². The Bertz CT molecular complexity index is 323. The number of unbranched alkanes of at least 4 members (excludes halogenated alkanes) is 4. The summed E-state index contributed by atoms with van der Waals surface area (Å²) in [6, 6.07) is 6.17. The fourth-order valence-electron chi connectivity index (χ4n) is 1.91. The van der Waals surface area contributed by atoms with Gasteiger partial charge in [-0.1, -0.05) is 32.6 Å². The van der Waals surface area contributed by atoms with Crippen molar-refractivity contribution >= 4 is 5.69 Å². The van der Waals surface area contributed by atoms with Crippen LogP contribution in [0.3, 0.4) is 0 Å². The van der Waals surface area contributed by atoms with Crippen molar-refractivity contribution in [3.05, 3.63) is 23.8 Å². The van der Waals surface area contributed by atoms with Crippen LogP contribution in [-0.4, -0.2) is 13.7 Å². The molecule has 1 aromatic rings. The van der Waals surface area contributed by atoms with Crippen molar-refractivity contribution in [3.63, 3.8) is 0 Å². The van der Waals surface area contributed by atoms with Crippen LogP contribution in [0.15, 0.2) is 18.2 Å². The molecule has 2 nitrogen and oxygen atoms in total. The normalized spacial score (nSPS) is 10.3. The predicted octanol–water partition coefficient (Wildman–Crippen LogP) is 4.39. The molecule has 0 heterocycles. The van der Waals surface area contributed by atoms with Gasteiger partial charge >= 0.3 is 0 Å². The fraction of sp³-hybridized carbons (Fsp3) is 0.600. The van der Waals surface area contributed by atoms with Crippen molar-refractivity contribution in [2.75, 3.05) is 19.0 Å². The Morgan fingerprint density at radius 3 is 2.53 bits per heavy atom. The van der Waals surface area contributed by atoms with Gasteiger partial charge in [0, 0.05) is 12.2 Å². The van der Waals surface area contributed by atoms with Crippen molar-refractivity contribution in [1.29, 1.82) is 0 Å². The summed E-state index contributed by atoms with van der Waals surface area (Å²) in [4.78, 5) is 0. The first-order chi connectivity index (χ1) is 8.27. The number of nitrogens with one attached hydrogen (secondary N) is 1. The van der Waals surface area contributed by atoms with Crippen LogP contribution in [0, 0.1) is 6.92 Å². The number of aryl methyl sites for hydroxylation is 1. The minimum atomic E-state index is 0.927. The van der Waals surface area contributed by atoms with Gasteiger partial charge in [0.25, 0.3) is 0 Å². The lowest BCUT2D eigenvalue weighted by Crippen LogP contribution is -2.03. The summed E-state index contributed by atoms with van der Waals surface area (Å²) in [5.41, 5.74) is 2.47. The van der Waals surface area contributed by atoms with Crippen molar-refractivity contribution in [2.45, 2.75) is 46.0 Å². The highest BCUT2D eigenvalue weighted by Gasteiger charge is 1.99. The average molecular weight is 235 g/mol. The minimum Gasteiger partial charge on any atom is -0.497 e. The third kappa shape index (κ3) is 5.12. The van der Waals surface area contributed by atoms with Crippen molar-refractivity contribution in [2.24, 2.45) is 0 Å². The number of rotatable bonds is 8. The molecule has 0 atom stereocenters. The van der Waals surface area contributed by atoms with E-state index in [0.29, 0.717) is 0 Å². The zero-order valence-electron chi connectivity index (χ0n) is 11.4. The van der Waals surface area contributed by atoms with Gasteiger partial charge in [-0.3, -0.25) is 0 Å². The lowest BCUT2D eigenvalue weighted by Gasteiger charge is -2.10. The molecular formula is C15H25NO. The molecule has 1 rings (SSSR count). The zero-order chi connectivity index (χ0) is 12.5. The Kier molecular flexibility index (Phi) is 6.53. The first-order valence-corrected chi connectivity index (χ1v) is 6.66. The number of ether oxygens (including phenoxy) is 1. The Morgan fingerprint density at radius 2 is 1.88 bits per heavy atom. The topological polar surface area (TPSA) is 21.3 Å². The molecule has 0 unspecified atom stereocenters. The molecule has 0 spiro atoms. The number of hydrogen-bond acceptors (Lipinski definition) is 2. The van der Waals surface area contributed by atoms with E-state index in [0.717, 1.165) is 12.3 Å². The summed E-state index contributed by atoms with van der Waals surface area (Å²) < 4.78 is 5.19. The van der Waals surface area contributed by atoms with Crippen LogP contribution in [0.2, 0.25) is 0 Å². The molecule has 0 radical (unpaired) electrons. The molecule has 0 saturated carbocycles. The summed E-state index contributed by atoms with van der Waals surface area (Å²) in [6.07, 6.45) is 6.62. The van der Waals surface area contributed by atoms with Crippen molar-refractivity contribution < 1.29 is 4.74 Å². The molecule has 96 valence electrons. The molecule has 0 amide bonds. The number of anilines is 1. The van der Waals surface area contributed by atoms with Gasteiger partial charge < -0.3 is 10.1 Å². The number of benzene rings is 1. The van der Waals surface area contributed by atoms with Gasteiger partial charge in [0.05, 0.1) is 7.11 Å². The quantitative estimate of drug-likeness (QED) is 0.675. The molecule has 0 aromatic heterocycles. The van der Waals surface area contributed by atoms with E-state index in [2.05, 4.69) is 31.3 Å². The Labute approximate surface area is 105 Å². The molecule has 17 heavy (non-hydrogen) atoms. The molecular weight excluding hydrogens is 210 g/mol. The monoisotopic (exact) mass is 235 g/mol. The maximum Gasteiger partial charge on any atom is 0.119 e. The second kappa shape index (κ2) is 7.99. The van der Waals surface area contributed by atoms with Crippen LogP contribution in [-0.2, 0) is 0 Å². The highest BCUT2D eigenvalue weighted by atomic mass is 16.5. The second-order valence-electron chi connectivity index (χ2n) is 4.52. The zero-order valence-corrected chi connectivity index (χ0v) is 11.4. The molecule has 0 aliphatic heterocycles. The number of hydrogen-bond donors (Lipinski definition) is 1. The SMILES string of the molecule is CCCCCCCNc1ccc(OC)cc1C. The maximum atomic E-state index is 5.19. The van der Waals surface area contributed by atoms with E-state index < -0.39 is 0 Å². The van der Waals surface area contributed by atoms with Crippen LogP contribution < -0.4 is 10.1 Å². The van der Waals surface area contributed by atoms with E-state index in [-0.39, 0.29) is 0 Å². The molecule has 0 fully saturated rings. The first-order valence-electron chi connectivity index (χ1n) is 6.66. The van der Waals surface area contributed by atoms with Crippen LogP contribution in [0.4, 0.5) is 5.69 Å². The van der Waals surface area contributed by atoms with E-state index in [1.165, 1.54) is 43.4 Å². The van der Waals surface area contributed by atoms with Gasteiger partial charge in [0.2, 0.25) is 0 Å². The maximum absolute atomic E-state index is 5.19. The molecule has 0 saturated heterocycles. The van der Waals surface area contributed by atoms with Crippen LogP contribution in [0.25, 0.3) is 0 Å². The second-order valence-corrected chi connectivity index (χ2v) is 4.52. The van der Waals surface area contributed by atoms with Gasteiger partial charge in [-0.05, 0) is 37.1 Å². The molecule has 0 aliphatic carbocycles. The molecule has 1 N–H and O–H groups in total. The van der Waals surface area contributed by atoms with Crippen molar-refractivity contribution in [3.8, 4) is 5.75 Å². The highest BCUT2D eigenvalue weighted by Crippen LogP contribution is 2.20.